The lowest BCUT2D eigenvalue weighted by Gasteiger charge is -2.48. The van der Waals surface area contributed by atoms with E-state index in [0.29, 0.717) is 0 Å². The number of hydrogen-bond acceptors (Lipinski definition) is 2. The summed E-state index contributed by atoms with van der Waals surface area (Å²) in [5.74, 6) is 0.363. The third-order valence-electron chi connectivity index (χ3n) is 13.9. The van der Waals surface area contributed by atoms with E-state index in [-0.39, 0.29) is 59.8 Å². The normalized spacial score (nSPS) is 20.9. The topological polar surface area (TPSA) is 40.5 Å². The molecular formula is C50H76I2N4O2+2. The van der Waals surface area contributed by atoms with Crippen LogP contribution in [0.2, 0.25) is 0 Å². The molecule has 0 radical (unpaired) electrons. The second kappa shape index (κ2) is 21.8. The van der Waals surface area contributed by atoms with Gasteiger partial charge in [-0.2, -0.15) is 0 Å². The Morgan fingerprint density at radius 3 is 0.948 bits per heavy atom. The minimum Gasteiger partial charge on any atom is -1.00 e. The highest BCUT2D eigenvalue weighted by molar-refractivity contribution is 5.26. The highest BCUT2D eigenvalue weighted by atomic mass is 127. The van der Waals surface area contributed by atoms with Crippen LogP contribution in [0.1, 0.15) is 48.9 Å². The third kappa shape index (κ3) is 13.6. The molecular weight excluding hydrogens is 942 g/mol. The number of likely N-dealkylation sites (N-methyl/N-ethyl adjacent to an activating group) is 4. The van der Waals surface area contributed by atoms with Gasteiger partial charge < -0.3 is 76.1 Å². The van der Waals surface area contributed by atoms with Crippen molar-refractivity contribution in [2.75, 3.05) is 108 Å². The highest BCUT2D eigenvalue weighted by Gasteiger charge is 2.45. The molecule has 0 aromatic heterocycles. The average molecular weight is 1020 g/mol. The van der Waals surface area contributed by atoms with Gasteiger partial charge in [-0.1, -0.05) is 135 Å². The van der Waals surface area contributed by atoms with Gasteiger partial charge in [-0.3, -0.25) is 0 Å². The number of nitrogens with zero attached hydrogens (tertiary/aromatic N) is 4. The minimum atomic E-state index is -0.805. The fourth-order valence-corrected chi connectivity index (χ4v) is 9.40. The van der Waals surface area contributed by atoms with E-state index in [0.717, 1.165) is 67.8 Å². The van der Waals surface area contributed by atoms with Gasteiger partial charge in [-0.25, -0.2) is 0 Å². The predicted octanol–water partition coefficient (Wildman–Crippen LogP) is 1.37. The maximum atomic E-state index is 11.9. The standard InChI is InChI=1S/2C25H38N2O.2HI/c2*1-5-25(28,23-14-10-7-11-15-23)24(20-22-12-8-6-9-13-22)21-27(4)18-16-26(2,3)17-19-27;;/h2*6-15,24,28H,5,16-21H2,1-4H3;2*1H/q2*+2;;/p-2. The minimum absolute atomic E-state index is 0. The lowest BCUT2D eigenvalue weighted by Crippen LogP contribution is -3.00. The molecule has 6 rings (SSSR count). The zero-order valence-corrected chi connectivity index (χ0v) is 41.4. The van der Waals surface area contributed by atoms with Crippen molar-refractivity contribution in [2.24, 2.45) is 11.8 Å². The van der Waals surface area contributed by atoms with Crippen LogP contribution >= 0.6 is 0 Å². The number of hydrogen-bond donors (Lipinski definition) is 2. The Labute approximate surface area is 387 Å². The summed E-state index contributed by atoms with van der Waals surface area (Å²) in [4.78, 5) is 0. The van der Waals surface area contributed by atoms with Gasteiger partial charge in [0.1, 0.15) is 52.4 Å². The molecule has 6 nitrogen and oxygen atoms in total. The molecule has 58 heavy (non-hydrogen) atoms. The Morgan fingerprint density at radius 2 is 0.690 bits per heavy atom. The number of benzene rings is 4. The third-order valence-corrected chi connectivity index (χ3v) is 13.9. The van der Waals surface area contributed by atoms with Crippen molar-refractivity contribution in [1.82, 2.24) is 0 Å². The first-order chi connectivity index (χ1) is 26.5. The Kier molecular flexibility index (Phi) is 18.9. The molecule has 4 unspecified atom stereocenters. The molecule has 0 bridgehead atoms. The van der Waals surface area contributed by atoms with Gasteiger partial charge in [0.15, 0.2) is 0 Å². The van der Waals surface area contributed by atoms with E-state index >= 15 is 0 Å². The summed E-state index contributed by atoms with van der Waals surface area (Å²) in [5.41, 5.74) is 3.13. The maximum Gasteiger partial charge on any atom is 0.128 e. The van der Waals surface area contributed by atoms with Crippen LogP contribution in [-0.2, 0) is 24.0 Å². The summed E-state index contributed by atoms with van der Waals surface area (Å²) in [6, 6.07) is 42.0. The van der Waals surface area contributed by atoms with E-state index in [1.807, 2.05) is 36.4 Å². The Morgan fingerprint density at radius 1 is 0.431 bits per heavy atom. The molecule has 2 saturated heterocycles. The van der Waals surface area contributed by atoms with E-state index in [9.17, 15) is 10.2 Å². The lowest BCUT2D eigenvalue weighted by atomic mass is 9.75. The van der Waals surface area contributed by atoms with Crippen molar-refractivity contribution < 1.29 is 76.1 Å². The van der Waals surface area contributed by atoms with Crippen molar-refractivity contribution in [3.8, 4) is 0 Å². The highest BCUT2D eigenvalue weighted by Crippen LogP contribution is 2.39. The van der Waals surface area contributed by atoms with Gasteiger partial charge in [-0.15, -0.1) is 0 Å². The molecule has 4 aromatic carbocycles. The van der Waals surface area contributed by atoms with Crippen LogP contribution in [0, 0.1) is 11.8 Å². The molecule has 2 aliphatic rings. The Balaban J connectivity index is 0.000000300. The predicted molar refractivity (Wildman–Crippen MR) is 234 cm³/mol. The van der Waals surface area contributed by atoms with Crippen molar-refractivity contribution in [3.05, 3.63) is 144 Å². The second-order valence-corrected chi connectivity index (χ2v) is 19.3. The molecule has 2 N–H and O–H groups in total. The van der Waals surface area contributed by atoms with Crippen LogP contribution in [0.4, 0.5) is 0 Å². The lowest BCUT2D eigenvalue weighted by molar-refractivity contribution is -1.01. The van der Waals surface area contributed by atoms with Crippen molar-refractivity contribution in [2.45, 2.75) is 50.7 Å². The summed E-state index contributed by atoms with van der Waals surface area (Å²) in [7, 11) is 14.1. The van der Waals surface area contributed by atoms with Crippen LogP contribution in [0.15, 0.2) is 121 Å². The molecule has 2 heterocycles. The summed E-state index contributed by atoms with van der Waals surface area (Å²) < 4.78 is 4.31. The molecule has 4 atom stereocenters. The molecule has 320 valence electrons. The summed E-state index contributed by atoms with van der Waals surface area (Å²) in [5, 5.41) is 23.9. The SMILES string of the molecule is CCC(O)(c1ccccc1)C(Cc1ccccc1)C[N+]1(C)CC[N+](C)(C)CC1.CCC(O)(c1ccccc1)C(Cc1ccccc1)C[N+]1(C)CC[N+](C)(C)CC1.[I-].[I-]. The maximum absolute atomic E-state index is 11.9. The van der Waals surface area contributed by atoms with Gasteiger partial charge in [0.2, 0.25) is 0 Å². The number of piperazine rings is 2. The quantitative estimate of drug-likeness (QED) is 0.148. The fraction of sp³-hybridized carbons (Fsp3) is 0.520. The molecule has 0 spiro atoms. The zero-order valence-electron chi connectivity index (χ0n) is 37.0. The average Bonchev–Trinajstić information content (AvgIpc) is 3.21. The van der Waals surface area contributed by atoms with E-state index < -0.39 is 11.2 Å². The molecule has 2 aliphatic heterocycles. The van der Waals surface area contributed by atoms with E-state index in [4.69, 9.17) is 0 Å². The molecule has 0 saturated carbocycles. The van der Waals surface area contributed by atoms with Gasteiger partial charge in [0.25, 0.3) is 0 Å². The molecule has 4 aromatic rings. The van der Waals surface area contributed by atoms with Crippen LogP contribution < -0.4 is 48.0 Å². The largest absolute Gasteiger partial charge is 1.00 e. The van der Waals surface area contributed by atoms with Gasteiger partial charge in [-0.05, 0) is 47.9 Å². The van der Waals surface area contributed by atoms with E-state index in [2.05, 4.69) is 141 Å². The van der Waals surface area contributed by atoms with Crippen LogP contribution in [0.3, 0.4) is 0 Å². The first kappa shape index (κ1) is 50.5. The summed E-state index contributed by atoms with van der Waals surface area (Å²) in [6.07, 6.45) is 3.28. The first-order valence-electron chi connectivity index (χ1n) is 21.5. The number of rotatable bonds is 14. The van der Waals surface area contributed by atoms with E-state index in [1.165, 1.54) is 63.5 Å². The number of quaternary nitrogens is 4. The van der Waals surface area contributed by atoms with Crippen LogP contribution in [-0.4, -0.2) is 136 Å². The fourth-order valence-electron chi connectivity index (χ4n) is 9.40. The monoisotopic (exact) mass is 1020 g/mol. The summed E-state index contributed by atoms with van der Waals surface area (Å²) >= 11 is 0. The van der Waals surface area contributed by atoms with E-state index in [1.54, 1.807) is 0 Å². The Bertz CT molecular complexity index is 1610. The molecule has 0 amide bonds. The summed E-state index contributed by atoms with van der Waals surface area (Å²) in [6.45, 7) is 15.8. The molecule has 0 aliphatic carbocycles. The van der Waals surface area contributed by atoms with Gasteiger partial charge in [0.05, 0.1) is 66.6 Å². The van der Waals surface area contributed by atoms with Crippen molar-refractivity contribution >= 4 is 0 Å². The van der Waals surface area contributed by atoms with Crippen molar-refractivity contribution in [3.63, 3.8) is 0 Å². The smallest absolute Gasteiger partial charge is 0.128 e. The second-order valence-electron chi connectivity index (χ2n) is 19.3. The number of halogens is 2. The van der Waals surface area contributed by atoms with Crippen LogP contribution in [0.25, 0.3) is 0 Å². The van der Waals surface area contributed by atoms with Gasteiger partial charge in [0, 0.05) is 11.8 Å². The first-order valence-corrected chi connectivity index (χ1v) is 21.5. The van der Waals surface area contributed by atoms with Gasteiger partial charge >= 0.3 is 0 Å². The number of aliphatic hydroxyl groups is 2. The zero-order chi connectivity index (χ0) is 40.5. The molecule has 8 heteroatoms. The Hall–Kier alpha value is -1.90. The molecule has 2 fully saturated rings. The van der Waals surface area contributed by atoms with Crippen molar-refractivity contribution in [1.29, 1.82) is 0 Å². The van der Waals surface area contributed by atoms with Crippen LogP contribution in [0.5, 0.6) is 0 Å².